The van der Waals surface area contributed by atoms with Crippen molar-refractivity contribution in [3.63, 3.8) is 0 Å². The lowest BCUT2D eigenvalue weighted by Crippen LogP contribution is -2.53. The standard InChI is InChI=1S/C23H37NO6/c1-15(2)5-6-16(3)22(4,28)19-13-18(7-10-23(19)14-29-23)30-21(27)24-11-8-17(9-12-24)20(25)26/h5,16-19,28H,6-14H2,1-4H3,(H,25,26)/t16?,18-,19-,22+,23+/m1/s1. The van der Waals surface area contributed by atoms with Crippen LogP contribution in [0.4, 0.5) is 4.79 Å². The van der Waals surface area contributed by atoms with E-state index in [1.165, 1.54) is 5.57 Å². The molecule has 170 valence electrons. The monoisotopic (exact) mass is 423 g/mol. The molecule has 3 fully saturated rings. The Morgan fingerprint density at radius 2 is 1.93 bits per heavy atom. The van der Waals surface area contributed by atoms with E-state index in [2.05, 4.69) is 26.8 Å². The molecule has 7 nitrogen and oxygen atoms in total. The van der Waals surface area contributed by atoms with Crippen LogP contribution in [0.15, 0.2) is 11.6 Å². The van der Waals surface area contributed by atoms with Crippen LogP contribution >= 0.6 is 0 Å². The minimum absolute atomic E-state index is 0.0583. The Hall–Kier alpha value is -1.60. The van der Waals surface area contributed by atoms with Crippen molar-refractivity contribution in [1.29, 1.82) is 0 Å². The van der Waals surface area contributed by atoms with E-state index in [0.29, 0.717) is 39.0 Å². The number of aliphatic hydroxyl groups is 1. The molecule has 2 saturated heterocycles. The number of piperidine rings is 1. The molecule has 0 radical (unpaired) electrons. The zero-order valence-electron chi connectivity index (χ0n) is 18.7. The van der Waals surface area contributed by atoms with Crippen LogP contribution in [0.3, 0.4) is 0 Å². The van der Waals surface area contributed by atoms with Crippen molar-refractivity contribution in [2.45, 2.75) is 83.5 Å². The van der Waals surface area contributed by atoms with Crippen LogP contribution in [0.1, 0.15) is 66.2 Å². The second-order valence-corrected chi connectivity index (χ2v) is 9.93. The number of hydrogen-bond donors (Lipinski definition) is 2. The fourth-order valence-corrected chi connectivity index (χ4v) is 5.01. The highest BCUT2D eigenvalue weighted by Crippen LogP contribution is 2.53. The molecule has 3 rings (SSSR count). The molecule has 5 atom stereocenters. The fourth-order valence-electron chi connectivity index (χ4n) is 5.01. The van der Waals surface area contributed by atoms with Crippen molar-refractivity contribution in [3.05, 3.63) is 11.6 Å². The Morgan fingerprint density at radius 1 is 1.30 bits per heavy atom. The van der Waals surface area contributed by atoms with Gasteiger partial charge in [-0.05, 0) is 65.2 Å². The van der Waals surface area contributed by atoms with Gasteiger partial charge in [0.2, 0.25) is 0 Å². The summed E-state index contributed by atoms with van der Waals surface area (Å²) in [7, 11) is 0. The lowest BCUT2D eigenvalue weighted by Gasteiger charge is -2.45. The molecule has 0 aromatic rings. The molecule has 0 bridgehead atoms. The number of carbonyl (C=O) groups is 2. The quantitative estimate of drug-likeness (QED) is 0.500. The number of carbonyl (C=O) groups excluding carboxylic acids is 1. The number of amides is 1. The number of epoxide rings is 1. The third kappa shape index (κ3) is 4.99. The first kappa shape index (κ1) is 23.1. The van der Waals surface area contributed by atoms with Gasteiger partial charge in [0, 0.05) is 19.0 Å². The van der Waals surface area contributed by atoms with Crippen LogP contribution in [-0.4, -0.2) is 64.2 Å². The number of ether oxygens (including phenoxy) is 2. The first-order chi connectivity index (χ1) is 14.0. The molecule has 30 heavy (non-hydrogen) atoms. The van der Waals surface area contributed by atoms with Crippen molar-refractivity contribution < 1.29 is 29.3 Å². The average molecular weight is 424 g/mol. The fraction of sp³-hybridized carbons (Fsp3) is 0.826. The van der Waals surface area contributed by atoms with Gasteiger partial charge in [-0.25, -0.2) is 4.79 Å². The van der Waals surface area contributed by atoms with Crippen molar-refractivity contribution in [2.24, 2.45) is 17.8 Å². The molecule has 1 amide bonds. The third-order valence-electron chi connectivity index (χ3n) is 7.49. The highest BCUT2D eigenvalue weighted by atomic mass is 16.6. The predicted octanol–water partition coefficient (Wildman–Crippen LogP) is 3.60. The van der Waals surface area contributed by atoms with E-state index in [-0.39, 0.29) is 35.6 Å². The third-order valence-corrected chi connectivity index (χ3v) is 7.49. The summed E-state index contributed by atoms with van der Waals surface area (Å²) in [6.07, 6.45) is 5.35. The van der Waals surface area contributed by atoms with Crippen molar-refractivity contribution in [3.8, 4) is 0 Å². The van der Waals surface area contributed by atoms with Gasteiger partial charge in [-0.1, -0.05) is 18.6 Å². The molecular weight excluding hydrogens is 386 g/mol. The van der Waals surface area contributed by atoms with E-state index >= 15 is 0 Å². The summed E-state index contributed by atoms with van der Waals surface area (Å²) < 4.78 is 11.6. The molecular formula is C23H37NO6. The summed E-state index contributed by atoms with van der Waals surface area (Å²) in [5.74, 6) is -1.20. The maximum atomic E-state index is 12.6. The Morgan fingerprint density at radius 3 is 2.47 bits per heavy atom. The SMILES string of the molecule is CC(C)=CCC(C)[C@](C)(O)[C@H]1C[C@H](OC(=O)N2CCC(C(=O)O)CC2)CC[C@]12CO2. The van der Waals surface area contributed by atoms with Crippen LogP contribution < -0.4 is 0 Å². The van der Waals surface area contributed by atoms with E-state index in [1.807, 2.05) is 6.92 Å². The van der Waals surface area contributed by atoms with Crippen LogP contribution in [0.2, 0.25) is 0 Å². The highest BCUT2D eigenvalue weighted by Gasteiger charge is 2.61. The Balaban J connectivity index is 1.60. The van der Waals surface area contributed by atoms with Crippen molar-refractivity contribution in [2.75, 3.05) is 19.7 Å². The summed E-state index contributed by atoms with van der Waals surface area (Å²) in [5, 5.41) is 20.6. The number of nitrogens with zero attached hydrogens (tertiary/aromatic N) is 1. The number of carboxylic acids is 1. The summed E-state index contributed by atoms with van der Waals surface area (Å²) >= 11 is 0. The van der Waals surface area contributed by atoms with Crippen molar-refractivity contribution in [1.82, 2.24) is 4.90 Å². The lowest BCUT2D eigenvalue weighted by atomic mass is 9.65. The molecule has 2 heterocycles. The van der Waals surface area contributed by atoms with Gasteiger partial charge in [0.1, 0.15) is 6.10 Å². The van der Waals surface area contributed by atoms with E-state index < -0.39 is 11.6 Å². The van der Waals surface area contributed by atoms with E-state index in [0.717, 1.165) is 19.3 Å². The maximum absolute atomic E-state index is 12.6. The van der Waals surface area contributed by atoms with E-state index in [1.54, 1.807) is 4.90 Å². The average Bonchev–Trinajstić information content (AvgIpc) is 3.47. The maximum Gasteiger partial charge on any atom is 0.410 e. The van der Waals surface area contributed by atoms with Gasteiger partial charge in [0.05, 0.1) is 23.7 Å². The van der Waals surface area contributed by atoms with Crippen LogP contribution in [0.25, 0.3) is 0 Å². The van der Waals surface area contributed by atoms with Gasteiger partial charge in [-0.15, -0.1) is 0 Å². The molecule has 7 heteroatoms. The van der Waals surface area contributed by atoms with Crippen LogP contribution in [0, 0.1) is 17.8 Å². The van der Waals surface area contributed by atoms with E-state index in [4.69, 9.17) is 14.6 Å². The summed E-state index contributed by atoms with van der Waals surface area (Å²) in [4.78, 5) is 25.4. The molecule has 0 aromatic heterocycles. The first-order valence-corrected chi connectivity index (χ1v) is 11.2. The largest absolute Gasteiger partial charge is 0.481 e. The lowest BCUT2D eigenvalue weighted by molar-refractivity contribution is -0.143. The first-order valence-electron chi connectivity index (χ1n) is 11.2. The van der Waals surface area contributed by atoms with Gasteiger partial charge in [0.25, 0.3) is 0 Å². The minimum Gasteiger partial charge on any atom is -0.481 e. The molecule has 2 N–H and O–H groups in total. The normalized spacial score (nSPS) is 32.2. The van der Waals surface area contributed by atoms with Crippen molar-refractivity contribution >= 4 is 12.1 Å². The van der Waals surface area contributed by atoms with Gasteiger partial charge in [-0.2, -0.15) is 0 Å². The molecule has 1 spiro atoms. The molecule has 1 unspecified atom stereocenters. The second kappa shape index (κ2) is 8.87. The highest BCUT2D eigenvalue weighted by molar-refractivity contribution is 5.71. The number of likely N-dealkylation sites (tertiary alicyclic amines) is 1. The second-order valence-electron chi connectivity index (χ2n) is 9.93. The van der Waals surface area contributed by atoms with Gasteiger partial charge < -0.3 is 24.6 Å². The summed E-state index contributed by atoms with van der Waals surface area (Å²) in [6, 6.07) is 0. The molecule has 3 aliphatic rings. The zero-order valence-corrected chi connectivity index (χ0v) is 18.7. The smallest absolute Gasteiger partial charge is 0.410 e. The number of carboxylic acid groups (broad SMARTS) is 1. The van der Waals surface area contributed by atoms with Gasteiger partial charge >= 0.3 is 12.1 Å². The van der Waals surface area contributed by atoms with Crippen LogP contribution in [-0.2, 0) is 14.3 Å². The zero-order chi connectivity index (χ0) is 22.1. The summed E-state index contributed by atoms with van der Waals surface area (Å²) in [5.41, 5.74) is 0.0240. The van der Waals surface area contributed by atoms with E-state index in [9.17, 15) is 14.7 Å². The Labute approximate surface area is 179 Å². The summed E-state index contributed by atoms with van der Waals surface area (Å²) in [6.45, 7) is 9.56. The van der Waals surface area contributed by atoms with Gasteiger partial charge in [-0.3, -0.25) is 4.79 Å². The number of allylic oxidation sites excluding steroid dienone is 2. The number of rotatable bonds is 6. The topological polar surface area (TPSA) is 99.6 Å². The number of hydrogen-bond acceptors (Lipinski definition) is 5. The minimum atomic E-state index is -0.923. The molecule has 2 aliphatic heterocycles. The number of aliphatic carboxylic acids is 1. The Kier molecular flexibility index (Phi) is 6.82. The van der Waals surface area contributed by atoms with Crippen LogP contribution in [0.5, 0.6) is 0 Å². The predicted molar refractivity (Wildman–Crippen MR) is 112 cm³/mol. The molecule has 0 aromatic carbocycles. The van der Waals surface area contributed by atoms with Gasteiger partial charge in [0.15, 0.2) is 0 Å². The molecule has 1 saturated carbocycles. The molecule has 1 aliphatic carbocycles. The Bertz CT molecular complexity index is 671.